The van der Waals surface area contributed by atoms with E-state index in [4.69, 9.17) is 9.47 Å². The number of Topliss-reactive ketones (excluding diaryl/α,β-unsaturated/α-hetero) is 1. The van der Waals surface area contributed by atoms with Crippen LogP contribution < -0.4 is 10.1 Å². The number of rotatable bonds is 8. The number of aromatic nitrogens is 3. The third kappa shape index (κ3) is 5.65. The number of benzene rings is 1. The number of allylic oxidation sites excluding steroid dienone is 1. The Balaban J connectivity index is 0.00000133. The lowest BCUT2D eigenvalue weighted by atomic mass is 9.83. The number of anilines is 1. The highest BCUT2D eigenvalue weighted by Gasteiger charge is 2.44. The zero-order valence-corrected chi connectivity index (χ0v) is 20.3. The number of imidazole rings is 1. The summed E-state index contributed by atoms with van der Waals surface area (Å²) in [7, 11) is 0. The van der Waals surface area contributed by atoms with E-state index < -0.39 is 0 Å². The van der Waals surface area contributed by atoms with Crippen LogP contribution in [0.15, 0.2) is 54.9 Å². The quantitative estimate of drug-likeness (QED) is 0.455. The van der Waals surface area contributed by atoms with E-state index in [1.807, 2.05) is 50.4 Å². The summed E-state index contributed by atoms with van der Waals surface area (Å²) < 4.78 is 13.0. The van der Waals surface area contributed by atoms with Crippen LogP contribution in [0.25, 0.3) is 5.65 Å². The van der Waals surface area contributed by atoms with Crippen LogP contribution in [0, 0.1) is 11.3 Å². The van der Waals surface area contributed by atoms with Crippen molar-refractivity contribution in [3.05, 3.63) is 60.4 Å². The lowest BCUT2D eigenvalue weighted by Crippen LogP contribution is -2.40. The Kier molecular flexibility index (Phi) is 7.32. The fourth-order valence-corrected chi connectivity index (χ4v) is 4.84. The summed E-state index contributed by atoms with van der Waals surface area (Å²) in [6.45, 7) is 11.6. The van der Waals surface area contributed by atoms with Crippen molar-refractivity contribution >= 4 is 17.2 Å². The molecule has 1 spiro atoms. The van der Waals surface area contributed by atoms with E-state index in [-0.39, 0.29) is 5.78 Å². The molecule has 1 N–H and O–H groups in total. The van der Waals surface area contributed by atoms with Crippen LogP contribution in [0.1, 0.15) is 52.0 Å². The van der Waals surface area contributed by atoms with Gasteiger partial charge in [0.15, 0.2) is 11.5 Å². The van der Waals surface area contributed by atoms with Crippen molar-refractivity contribution < 1.29 is 14.3 Å². The third-order valence-electron chi connectivity index (χ3n) is 6.33. The Hall–Kier alpha value is -3.19. The molecule has 0 amide bonds. The van der Waals surface area contributed by atoms with Gasteiger partial charge in [-0.15, -0.1) is 5.10 Å². The topological polar surface area (TPSA) is 77.8 Å². The SMILES string of the molecule is C=C(CC1CCC2(COC2)C1)Nc1cn2nc(Oc3cccc(CC(C)=O)c3)ccc2n1.CC. The molecule has 2 aromatic heterocycles. The van der Waals surface area contributed by atoms with E-state index in [1.54, 1.807) is 17.5 Å². The minimum atomic E-state index is 0.117. The molecule has 0 radical (unpaired) electrons. The molecule has 2 fully saturated rings. The van der Waals surface area contributed by atoms with E-state index >= 15 is 0 Å². The van der Waals surface area contributed by atoms with E-state index in [2.05, 4.69) is 22.0 Å². The molecular weight excluding hydrogens is 428 g/mol. The molecule has 0 bridgehead atoms. The molecule has 7 heteroatoms. The number of fused-ring (bicyclic) bond motifs is 1. The Bertz CT molecular complexity index is 1170. The Morgan fingerprint density at radius 1 is 1.29 bits per heavy atom. The van der Waals surface area contributed by atoms with E-state index in [0.717, 1.165) is 42.4 Å². The van der Waals surface area contributed by atoms with Gasteiger partial charge in [-0.1, -0.05) is 32.6 Å². The first-order valence-electron chi connectivity index (χ1n) is 12.1. The Morgan fingerprint density at radius 2 is 2.12 bits per heavy atom. The van der Waals surface area contributed by atoms with Crippen LogP contribution in [-0.4, -0.2) is 33.6 Å². The first-order chi connectivity index (χ1) is 16.5. The Morgan fingerprint density at radius 3 is 2.82 bits per heavy atom. The van der Waals surface area contributed by atoms with E-state index in [9.17, 15) is 4.79 Å². The van der Waals surface area contributed by atoms with Gasteiger partial charge in [0, 0.05) is 23.6 Å². The van der Waals surface area contributed by atoms with Gasteiger partial charge in [-0.05, 0) is 62.3 Å². The van der Waals surface area contributed by atoms with Crippen LogP contribution in [0.5, 0.6) is 11.6 Å². The van der Waals surface area contributed by atoms with E-state index in [1.165, 1.54) is 19.3 Å². The molecular formula is C27H34N4O3. The molecule has 1 aliphatic heterocycles. The summed E-state index contributed by atoms with van der Waals surface area (Å²) in [5, 5.41) is 7.86. The van der Waals surface area contributed by atoms with Crippen molar-refractivity contribution in [2.45, 2.75) is 52.9 Å². The van der Waals surface area contributed by atoms with Gasteiger partial charge >= 0.3 is 0 Å². The van der Waals surface area contributed by atoms with Gasteiger partial charge in [-0.3, -0.25) is 4.79 Å². The van der Waals surface area contributed by atoms with Crippen LogP contribution in [0.3, 0.4) is 0 Å². The molecule has 7 nitrogen and oxygen atoms in total. The predicted molar refractivity (Wildman–Crippen MR) is 133 cm³/mol. The summed E-state index contributed by atoms with van der Waals surface area (Å²) in [6, 6.07) is 11.2. The molecule has 1 atom stereocenters. The van der Waals surface area contributed by atoms with Crippen molar-refractivity contribution in [2.75, 3.05) is 18.5 Å². The zero-order valence-electron chi connectivity index (χ0n) is 20.3. The fraction of sp³-hybridized carbons (Fsp3) is 0.444. The van der Waals surface area contributed by atoms with Gasteiger partial charge in [0.25, 0.3) is 0 Å². The summed E-state index contributed by atoms with van der Waals surface area (Å²) in [5.74, 6) is 2.61. The monoisotopic (exact) mass is 462 g/mol. The second-order valence-corrected chi connectivity index (χ2v) is 9.26. The third-order valence-corrected chi connectivity index (χ3v) is 6.33. The van der Waals surface area contributed by atoms with Crippen molar-refractivity contribution in [2.24, 2.45) is 11.3 Å². The van der Waals surface area contributed by atoms with Crippen molar-refractivity contribution in [1.29, 1.82) is 0 Å². The van der Waals surface area contributed by atoms with E-state index in [0.29, 0.717) is 29.4 Å². The molecule has 2 aliphatic rings. The zero-order chi connectivity index (χ0) is 24.1. The van der Waals surface area contributed by atoms with Gasteiger partial charge in [0.05, 0.1) is 19.4 Å². The highest BCUT2D eigenvalue weighted by Crippen LogP contribution is 2.48. The maximum atomic E-state index is 11.4. The normalized spacial score (nSPS) is 18.1. The summed E-state index contributed by atoms with van der Waals surface area (Å²) in [4.78, 5) is 16.0. The molecule has 180 valence electrons. The minimum absolute atomic E-state index is 0.117. The van der Waals surface area contributed by atoms with Gasteiger partial charge < -0.3 is 14.8 Å². The largest absolute Gasteiger partial charge is 0.438 e. The molecule has 1 saturated heterocycles. The average molecular weight is 463 g/mol. The van der Waals surface area contributed by atoms with Gasteiger partial charge in [0.2, 0.25) is 5.88 Å². The number of ketones is 1. The summed E-state index contributed by atoms with van der Waals surface area (Å²) in [6.07, 6.45) is 6.92. The molecule has 1 saturated carbocycles. The van der Waals surface area contributed by atoms with Crippen molar-refractivity contribution in [3.8, 4) is 11.6 Å². The number of ether oxygens (including phenoxy) is 2. The smallest absolute Gasteiger partial charge is 0.237 e. The first kappa shape index (κ1) is 24.0. The lowest BCUT2D eigenvalue weighted by molar-refractivity contribution is -0.116. The van der Waals surface area contributed by atoms with Crippen molar-refractivity contribution in [1.82, 2.24) is 14.6 Å². The van der Waals surface area contributed by atoms with Crippen LogP contribution in [0.4, 0.5) is 5.82 Å². The molecule has 3 heterocycles. The van der Waals surface area contributed by atoms with Gasteiger partial charge in [-0.2, -0.15) is 0 Å². The van der Waals surface area contributed by atoms with Crippen LogP contribution in [-0.2, 0) is 16.0 Å². The van der Waals surface area contributed by atoms with Gasteiger partial charge in [0.1, 0.15) is 11.5 Å². The maximum Gasteiger partial charge on any atom is 0.237 e. The van der Waals surface area contributed by atoms with Crippen molar-refractivity contribution in [3.63, 3.8) is 0 Å². The molecule has 1 aliphatic carbocycles. The fourth-order valence-electron chi connectivity index (χ4n) is 4.84. The number of hydrogen-bond acceptors (Lipinski definition) is 6. The van der Waals surface area contributed by atoms with Crippen LogP contribution >= 0.6 is 0 Å². The second kappa shape index (κ2) is 10.4. The molecule has 34 heavy (non-hydrogen) atoms. The minimum Gasteiger partial charge on any atom is -0.438 e. The average Bonchev–Trinajstić information content (AvgIpc) is 3.38. The van der Waals surface area contributed by atoms with Crippen LogP contribution in [0.2, 0.25) is 0 Å². The highest BCUT2D eigenvalue weighted by molar-refractivity contribution is 5.78. The summed E-state index contributed by atoms with van der Waals surface area (Å²) in [5.41, 5.74) is 3.07. The number of carbonyl (C=O) groups excluding carboxylic acids is 1. The second-order valence-electron chi connectivity index (χ2n) is 9.26. The lowest BCUT2D eigenvalue weighted by Gasteiger charge is -2.38. The maximum absolute atomic E-state index is 11.4. The Labute approximate surface area is 201 Å². The highest BCUT2D eigenvalue weighted by atomic mass is 16.5. The summed E-state index contributed by atoms with van der Waals surface area (Å²) >= 11 is 0. The molecule has 1 aromatic carbocycles. The number of carbonyl (C=O) groups is 1. The standard InChI is InChI=1S/C25H28N4O3.C2H6/c1-17(10-20-8-9-25(13-20)15-31-16-25)26-22-14-29-23(27-22)6-7-24(28-29)32-21-5-3-4-19(12-21)11-18(2)30;1-2/h3-7,12,14,20,26H,1,8-11,13,15-16H2,2H3;1-2H3. The molecule has 3 aromatic rings. The number of nitrogens with one attached hydrogen (secondary N) is 1. The number of nitrogens with zero attached hydrogens (tertiary/aromatic N) is 3. The predicted octanol–water partition coefficient (Wildman–Crippen LogP) is 5.81. The first-order valence-corrected chi connectivity index (χ1v) is 12.1. The molecule has 1 unspecified atom stereocenters. The number of hydrogen-bond donors (Lipinski definition) is 1. The molecule has 5 rings (SSSR count). The van der Waals surface area contributed by atoms with Gasteiger partial charge in [-0.25, -0.2) is 9.50 Å².